The van der Waals surface area contributed by atoms with Gasteiger partial charge in [0.05, 0.1) is 19.9 Å². The number of rotatable bonds is 3. The number of nitrogens with zero attached hydrogens (tertiary/aromatic N) is 1. The summed E-state index contributed by atoms with van der Waals surface area (Å²) in [4.78, 5) is 2.37. The van der Waals surface area contributed by atoms with Gasteiger partial charge in [0, 0.05) is 25.7 Å². The maximum atomic E-state index is 5.45. The molecule has 0 spiro atoms. The molecule has 1 aliphatic heterocycles. The molecule has 0 unspecified atom stereocenters. The van der Waals surface area contributed by atoms with E-state index >= 15 is 0 Å². The molecule has 0 aliphatic carbocycles. The molecule has 0 saturated carbocycles. The summed E-state index contributed by atoms with van der Waals surface area (Å²) < 4.78 is 10.8. The van der Waals surface area contributed by atoms with Crippen molar-refractivity contribution in [1.29, 1.82) is 0 Å². The molecule has 1 saturated heterocycles. The van der Waals surface area contributed by atoms with Crippen LogP contribution in [-0.2, 0) is 0 Å². The van der Waals surface area contributed by atoms with E-state index in [-0.39, 0.29) is 0 Å². The Balaban J connectivity index is 2.22. The Bertz CT molecular complexity index is 374. The van der Waals surface area contributed by atoms with Gasteiger partial charge in [-0.05, 0) is 31.5 Å². The molecular weight excluding hydrogens is 228 g/mol. The first-order chi connectivity index (χ1) is 8.85. The fraction of sp³-hybridized carbons (Fsp3) is 0.571. The maximum Gasteiger partial charge on any atom is 0.142 e. The highest BCUT2D eigenvalue weighted by molar-refractivity contribution is 5.61. The van der Waals surface area contributed by atoms with E-state index in [1.54, 1.807) is 14.2 Å². The van der Waals surface area contributed by atoms with E-state index in [1.165, 1.54) is 12.8 Å². The second kappa shape index (κ2) is 6.50. The van der Waals surface area contributed by atoms with E-state index in [1.807, 2.05) is 12.1 Å². The third kappa shape index (κ3) is 3.07. The van der Waals surface area contributed by atoms with Crippen molar-refractivity contribution in [1.82, 2.24) is 5.32 Å². The summed E-state index contributed by atoms with van der Waals surface area (Å²) in [6.07, 6.45) is 2.43. The number of hydrogen-bond acceptors (Lipinski definition) is 4. The number of ether oxygens (including phenoxy) is 2. The van der Waals surface area contributed by atoms with Gasteiger partial charge >= 0.3 is 0 Å². The van der Waals surface area contributed by atoms with Gasteiger partial charge in [-0.15, -0.1) is 0 Å². The van der Waals surface area contributed by atoms with Gasteiger partial charge in [0.15, 0.2) is 0 Å². The zero-order valence-corrected chi connectivity index (χ0v) is 11.2. The summed E-state index contributed by atoms with van der Waals surface area (Å²) in [7, 11) is 3.41. The Hall–Kier alpha value is -1.42. The number of methoxy groups -OCH3 is 2. The van der Waals surface area contributed by atoms with Crippen LogP contribution in [0.25, 0.3) is 0 Å². The van der Waals surface area contributed by atoms with Crippen molar-refractivity contribution in [2.24, 2.45) is 0 Å². The van der Waals surface area contributed by atoms with Crippen LogP contribution in [-0.4, -0.2) is 40.4 Å². The molecule has 1 N–H and O–H groups in total. The fourth-order valence-corrected chi connectivity index (χ4v) is 2.29. The molecule has 0 atom stereocenters. The smallest absolute Gasteiger partial charge is 0.142 e. The van der Waals surface area contributed by atoms with Crippen molar-refractivity contribution in [3.63, 3.8) is 0 Å². The average molecular weight is 250 g/mol. The zero-order chi connectivity index (χ0) is 12.8. The van der Waals surface area contributed by atoms with Crippen LogP contribution in [0.4, 0.5) is 5.69 Å². The normalized spacial score (nSPS) is 16.9. The van der Waals surface area contributed by atoms with E-state index in [4.69, 9.17) is 9.47 Å². The summed E-state index contributed by atoms with van der Waals surface area (Å²) in [6.45, 7) is 4.22. The van der Waals surface area contributed by atoms with E-state index in [9.17, 15) is 0 Å². The first kappa shape index (κ1) is 13.0. The highest BCUT2D eigenvalue weighted by atomic mass is 16.5. The molecule has 4 heteroatoms. The van der Waals surface area contributed by atoms with E-state index in [0.717, 1.165) is 43.4 Å². The Morgan fingerprint density at radius 2 is 1.94 bits per heavy atom. The maximum absolute atomic E-state index is 5.45. The Morgan fingerprint density at radius 1 is 1.06 bits per heavy atom. The quantitative estimate of drug-likeness (QED) is 0.888. The Labute approximate surface area is 109 Å². The molecule has 1 heterocycles. The molecule has 18 heavy (non-hydrogen) atoms. The van der Waals surface area contributed by atoms with Gasteiger partial charge in [-0.25, -0.2) is 0 Å². The lowest BCUT2D eigenvalue weighted by Gasteiger charge is -2.28. The van der Waals surface area contributed by atoms with Crippen LogP contribution < -0.4 is 19.7 Å². The predicted molar refractivity (Wildman–Crippen MR) is 73.9 cm³/mol. The minimum Gasteiger partial charge on any atom is -0.497 e. The number of nitrogens with one attached hydrogen (secondary N) is 1. The molecule has 100 valence electrons. The SMILES string of the molecule is COc1ccc(OC)c(N2CCCCNCC2)c1. The monoisotopic (exact) mass is 250 g/mol. The molecule has 0 bridgehead atoms. The van der Waals surface area contributed by atoms with Crippen LogP contribution in [0, 0.1) is 0 Å². The summed E-state index contributed by atoms with van der Waals surface area (Å²) >= 11 is 0. The average Bonchev–Trinajstić information content (AvgIpc) is 2.38. The predicted octanol–water partition coefficient (Wildman–Crippen LogP) is 1.89. The van der Waals surface area contributed by atoms with Crippen molar-refractivity contribution in [3.8, 4) is 11.5 Å². The van der Waals surface area contributed by atoms with Crippen LogP contribution in [0.3, 0.4) is 0 Å². The standard InChI is InChI=1S/C14H22N2O2/c1-17-12-5-6-14(18-2)13(11-12)16-9-4-3-7-15-8-10-16/h5-6,11,15H,3-4,7-10H2,1-2H3. The molecule has 1 fully saturated rings. The molecule has 2 rings (SSSR count). The summed E-state index contributed by atoms with van der Waals surface area (Å²) in [5, 5.41) is 3.44. The Morgan fingerprint density at radius 3 is 2.72 bits per heavy atom. The molecule has 0 aromatic heterocycles. The van der Waals surface area contributed by atoms with Crippen molar-refractivity contribution >= 4 is 5.69 Å². The lowest BCUT2D eigenvalue weighted by Crippen LogP contribution is -2.36. The topological polar surface area (TPSA) is 33.7 Å². The van der Waals surface area contributed by atoms with Crippen molar-refractivity contribution < 1.29 is 9.47 Å². The molecule has 1 aromatic rings. The van der Waals surface area contributed by atoms with Crippen LogP contribution in [0.1, 0.15) is 12.8 Å². The van der Waals surface area contributed by atoms with Crippen molar-refractivity contribution in [2.45, 2.75) is 12.8 Å². The van der Waals surface area contributed by atoms with Gasteiger partial charge in [-0.3, -0.25) is 0 Å². The zero-order valence-electron chi connectivity index (χ0n) is 11.2. The molecular formula is C14H22N2O2. The minimum atomic E-state index is 0.876. The van der Waals surface area contributed by atoms with Gasteiger partial charge in [-0.2, -0.15) is 0 Å². The summed E-state index contributed by atoms with van der Waals surface area (Å²) in [6, 6.07) is 5.96. The Kier molecular flexibility index (Phi) is 4.70. The first-order valence-electron chi connectivity index (χ1n) is 6.53. The van der Waals surface area contributed by atoms with Crippen LogP contribution >= 0.6 is 0 Å². The largest absolute Gasteiger partial charge is 0.497 e. The fourth-order valence-electron chi connectivity index (χ4n) is 2.29. The summed E-state index contributed by atoms with van der Waals surface area (Å²) in [5.41, 5.74) is 1.13. The van der Waals surface area contributed by atoms with Gasteiger partial charge in [0.1, 0.15) is 11.5 Å². The number of hydrogen-bond donors (Lipinski definition) is 1. The third-order valence-electron chi connectivity index (χ3n) is 3.32. The highest BCUT2D eigenvalue weighted by Gasteiger charge is 2.14. The number of anilines is 1. The van der Waals surface area contributed by atoms with E-state index in [0.29, 0.717) is 0 Å². The molecule has 1 aliphatic rings. The molecule has 0 radical (unpaired) electrons. The lowest BCUT2D eigenvalue weighted by molar-refractivity contribution is 0.402. The summed E-state index contributed by atoms with van der Waals surface area (Å²) in [5.74, 6) is 1.79. The minimum absolute atomic E-state index is 0.876. The second-order valence-electron chi connectivity index (χ2n) is 4.48. The van der Waals surface area contributed by atoms with E-state index < -0.39 is 0 Å². The van der Waals surface area contributed by atoms with Gasteiger partial charge in [0.2, 0.25) is 0 Å². The number of benzene rings is 1. The van der Waals surface area contributed by atoms with Crippen LogP contribution in [0.15, 0.2) is 18.2 Å². The van der Waals surface area contributed by atoms with Crippen molar-refractivity contribution in [2.75, 3.05) is 45.3 Å². The van der Waals surface area contributed by atoms with Crippen molar-refractivity contribution in [3.05, 3.63) is 18.2 Å². The molecule has 4 nitrogen and oxygen atoms in total. The van der Waals surface area contributed by atoms with E-state index in [2.05, 4.69) is 16.3 Å². The van der Waals surface area contributed by atoms with Gasteiger partial charge < -0.3 is 19.7 Å². The van der Waals surface area contributed by atoms with Crippen LogP contribution in [0.2, 0.25) is 0 Å². The first-order valence-corrected chi connectivity index (χ1v) is 6.53. The lowest BCUT2D eigenvalue weighted by atomic mass is 10.2. The van der Waals surface area contributed by atoms with Gasteiger partial charge in [-0.1, -0.05) is 0 Å². The highest BCUT2D eigenvalue weighted by Crippen LogP contribution is 2.32. The second-order valence-corrected chi connectivity index (χ2v) is 4.48. The molecule has 1 aromatic carbocycles. The third-order valence-corrected chi connectivity index (χ3v) is 3.32. The van der Waals surface area contributed by atoms with Gasteiger partial charge in [0.25, 0.3) is 0 Å². The molecule has 0 amide bonds. The van der Waals surface area contributed by atoms with Crippen LogP contribution in [0.5, 0.6) is 11.5 Å².